The second-order valence-electron chi connectivity index (χ2n) is 7.23. The van der Waals surface area contributed by atoms with Crippen molar-refractivity contribution in [3.05, 3.63) is 35.9 Å². The maximum absolute atomic E-state index is 13.3. The van der Waals surface area contributed by atoms with Crippen LogP contribution in [0.2, 0.25) is 0 Å². The molecule has 0 saturated carbocycles. The molecule has 5 heteroatoms. The summed E-state index contributed by atoms with van der Waals surface area (Å²) in [6, 6.07) is 9.02. The highest BCUT2D eigenvalue weighted by Crippen LogP contribution is 2.19. The number of carbonyl (C=O) groups is 2. The highest BCUT2D eigenvalue weighted by atomic mass is 16.2. The summed E-state index contributed by atoms with van der Waals surface area (Å²) in [5.74, 6) is 0.252. The molecule has 0 aliphatic heterocycles. The molecular weight excluding hydrogens is 314 g/mol. The minimum atomic E-state index is -0.499. The summed E-state index contributed by atoms with van der Waals surface area (Å²) in [5, 5.41) is 5.84. The van der Waals surface area contributed by atoms with Crippen LogP contribution < -0.4 is 10.6 Å². The minimum absolute atomic E-state index is 0.0177. The van der Waals surface area contributed by atoms with Gasteiger partial charge in [-0.15, -0.1) is 0 Å². The van der Waals surface area contributed by atoms with Crippen LogP contribution in [-0.2, 0) is 16.1 Å². The summed E-state index contributed by atoms with van der Waals surface area (Å²) < 4.78 is 0. The van der Waals surface area contributed by atoms with Crippen molar-refractivity contribution in [2.24, 2.45) is 11.8 Å². The molecule has 0 heterocycles. The smallest absolute Gasteiger partial charge is 0.242 e. The number of benzene rings is 1. The zero-order valence-electron chi connectivity index (χ0n) is 16.4. The van der Waals surface area contributed by atoms with E-state index in [1.54, 1.807) is 19.0 Å². The number of hydrogen-bond donors (Lipinski definition) is 2. The number of nitrogens with zero attached hydrogens (tertiary/aromatic N) is 1. The van der Waals surface area contributed by atoms with E-state index in [0.29, 0.717) is 12.5 Å². The van der Waals surface area contributed by atoms with Crippen LogP contribution in [0, 0.1) is 11.8 Å². The van der Waals surface area contributed by atoms with Crippen LogP contribution in [0.5, 0.6) is 0 Å². The van der Waals surface area contributed by atoms with Gasteiger partial charge in [-0.3, -0.25) is 9.59 Å². The Morgan fingerprint density at radius 2 is 1.64 bits per heavy atom. The van der Waals surface area contributed by atoms with Gasteiger partial charge in [-0.25, -0.2) is 0 Å². The van der Waals surface area contributed by atoms with Crippen molar-refractivity contribution in [2.75, 3.05) is 14.1 Å². The minimum Gasteiger partial charge on any atom is -0.357 e. The van der Waals surface area contributed by atoms with Gasteiger partial charge in [-0.1, -0.05) is 58.0 Å². The van der Waals surface area contributed by atoms with Crippen LogP contribution in [0.1, 0.15) is 39.7 Å². The van der Waals surface area contributed by atoms with E-state index in [0.717, 1.165) is 12.0 Å². The summed E-state index contributed by atoms with van der Waals surface area (Å²) in [5.41, 5.74) is 1.02. The van der Waals surface area contributed by atoms with E-state index in [1.165, 1.54) is 0 Å². The lowest BCUT2D eigenvalue weighted by Crippen LogP contribution is -2.56. The van der Waals surface area contributed by atoms with Crippen molar-refractivity contribution in [3.8, 4) is 0 Å². The van der Waals surface area contributed by atoms with Gasteiger partial charge in [0.2, 0.25) is 11.8 Å². The molecule has 1 rings (SSSR count). The molecule has 0 saturated heterocycles. The van der Waals surface area contributed by atoms with Gasteiger partial charge in [0.1, 0.15) is 6.04 Å². The molecule has 2 atom stereocenters. The first-order valence-electron chi connectivity index (χ1n) is 9.05. The highest BCUT2D eigenvalue weighted by molar-refractivity contribution is 5.90. The van der Waals surface area contributed by atoms with Crippen LogP contribution in [-0.4, -0.2) is 42.9 Å². The van der Waals surface area contributed by atoms with Crippen LogP contribution in [0.25, 0.3) is 0 Å². The summed E-state index contributed by atoms with van der Waals surface area (Å²) in [4.78, 5) is 27.5. The molecule has 0 aliphatic rings. The Kier molecular flexibility index (Phi) is 8.62. The zero-order valence-corrected chi connectivity index (χ0v) is 16.4. The fourth-order valence-electron chi connectivity index (χ4n) is 3.06. The lowest BCUT2D eigenvalue weighted by atomic mass is 9.97. The Balaban J connectivity index is 3.20. The van der Waals surface area contributed by atoms with Crippen LogP contribution in [0.3, 0.4) is 0 Å². The first-order chi connectivity index (χ1) is 11.8. The molecule has 0 spiro atoms. The molecule has 140 valence electrons. The monoisotopic (exact) mass is 347 g/mol. The van der Waals surface area contributed by atoms with E-state index in [4.69, 9.17) is 0 Å². The van der Waals surface area contributed by atoms with Gasteiger partial charge in [0, 0.05) is 13.6 Å². The average Bonchev–Trinajstić information content (AvgIpc) is 2.58. The van der Waals surface area contributed by atoms with Crippen molar-refractivity contribution in [1.82, 2.24) is 15.5 Å². The third-order valence-corrected chi connectivity index (χ3v) is 4.31. The number of carbonyl (C=O) groups excluding carboxylic acids is 2. The molecule has 25 heavy (non-hydrogen) atoms. The topological polar surface area (TPSA) is 61.4 Å². The van der Waals surface area contributed by atoms with E-state index in [1.807, 2.05) is 44.2 Å². The standard InChI is InChI=1S/C20H33N3O2/c1-14(2)12-17(21-5)20(25)23(13-16-10-8-7-9-11-16)18(15(3)4)19(24)22-6/h7-11,14-15,17-18,21H,12-13H2,1-6H3,(H,22,24)/t17-,18-/m0/s1. The summed E-state index contributed by atoms with van der Waals surface area (Å²) >= 11 is 0. The lowest BCUT2D eigenvalue weighted by molar-refractivity contribution is -0.144. The van der Waals surface area contributed by atoms with E-state index in [-0.39, 0.29) is 23.8 Å². The molecular formula is C20H33N3O2. The number of nitrogens with one attached hydrogen (secondary N) is 2. The maximum Gasteiger partial charge on any atom is 0.242 e. The Morgan fingerprint density at radius 3 is 2.08 bits per heavy atom. The Labute approximate surface area is 152 Å². The van der Waals surface area contributed by atoms with Crippen LogP contribution in [0.15, 0.2) is 30.3 Å². The molecule has 1 aromatic rings. The van der Waals surface area contributed by atoms with Crippen molar-refractivity contribution >= 4 is 11.8 Å². The van der Waals surface area contributed by atoms with Gasteiger partial charge >= 0.3 is 0 Å². The third-order valence-electron chi connectivity index (χ3n) is 4.31. The molecule has 1 aromatic carbocycles. The molecule has 0 fully saturated rings. The zero-order chi connectivity index (χ0) is 19.0. The van der Waals surface area contributed by atoms with Crippen molar-refractivity contribution in [3.63, 3.8) is 0 Å². The average molecular weight is 348 g/mol. The molecule has 0 bridgehead atoms. The van der Waals surface area contributed by atoms with E-state index < -0.39 is 6.04 Å². The van der Waals surface area contributed by atoms with E-state index in [2.05, 4.69) is 24.5 Å². The predicted octanol–water partition coefficient (Wildman–Crippen LogP) is 2.42. The number of likely N-dealkylation sites (N-methyl/N-ethyl adjacent to an activating group) is 2. The summed E-state index contributed by atoms with van der Waals surface area (Å²) in [7, 11) is 3.42. The van der Waals surface area contributed by atoms with Gasteiger partial charge < -0.3 is 15.5 Å². The van der Waals surface area contributed by atoms with Gasteiger partial charge in [-0.2, -0.15) is 0 Å². The van der Waals surface area contributed by atoms with Crippen molar-refractivity contribution in [2.45, 2.75) is 52.7 Å². The van der Waals surface area contributed by atoms with E-state index >= 15 is 0 Å². The fraction of sp³-hybridized carbons (Fsp3) is 0.600. The van der Waals surface area contributed by atoms with Crippen LogP contribution in [0.4, 0.5) is 0 Å². The third kappa shape index (κ3) is 6.16. The Hall–Kier alpha value is -1.88. The normalized spacial score (nSPS) is 13.6. The predicted molar refractivity (Wildman–Crippen MR) is 102 cm³/mol. The Bertz CT molecular complexity index is 543. The van der Waals surface area contributed by atoms with Crippen LogP contribution >= 0.6 is 0 Å². The van der Waals surface area contributed by atoms with Crippen molar-refractivity contribution < 1.29 is 9.59 Å². The largest absolute Gasteiger partial charge is 0.357 e. The number of hydrogen-bond acceptors (Lipinski definition) is 3. The second kappa shape index (κ2) is 10.2. The molecule has 0 aromatic heterocycles. The molecule has 2 N–H and O–H groups in total. The molecule has 2 amide bonds. The van der Waals surface area contributed by atoms with Gasteiger partial charge in [-0.05, 0) is 30.9 Å². The van der Waals surface area contributed by atoms with E-state index in [9.17, 15) is 9.59 Å². The number of rotatable bonds is 9. The molecule has 0 aliphatic carbocycles. The first-order valence-corrected chi connectivity index (χ1v) is 9.05. The number of amides is 2. The molecule has 0 unspecified atom stereocenters. The quantitative estimate of drug-likeness (QED) is 0.721. The maximum atomic E-state index is 13.3. The highest BCUT2D eigenvalue weighted by Gasteiger charge is 2.35. The summed E-state index contributed by atoms with van der Waals surface area (Å²) in [6.07, 6.45) is 0.735. The first kappa shape index (κ1) is 21.2. The van der Waals surface area contributed by atoms with Crippen molar-refractivity contribution in [1.29, 1.82) is 0 Å². The molecule has 5 nitrogen and oxygen atoms in total. The van der Waals surface area contributed by atoms with Gasteiger partial charge in [0.05, 0.1) is 6.04 Å². The summed E-state index contributed by atoms with van der Waals surface area (Å²) in [6.45, 7) is 8.56. The van der Waals surface area contributed by atoms with Gasteiger partial charge in [0.25, 0.3) is 0 Å². The van der Waals surface area contributed by atoms with Gasteiger partial charge in [0.15, 0.2) is 0 Å². The SMILES string of the molecule is CNC(=O)[C@H](C(C)C)N(Cc1ccccc1)C(=O)[C@H](CC(C)C)NC. The lowest BCUT2D eigenvalue weighted by Gasteiger charge is -2.36. The molecule has 0 radical (unpaired) electrons. The fourth-order valence-corrected chi connectivity index (χ4v) is 3.06. The Morgan fingerprint density at radius 1 is 1.04 bits per heavy atom. The second-order valence-corrected chi connectivity index (χ2v) is 7.23.